The van der Waals surface area contributed by atoms with Gasteiger partial charge in [-0.2, -0.15) is 0 Å². The number of anilines is 1. The molecule has 1 aliphatic heterocycles. The number of carbonyl (C=O) groups is 2. The number of fused-ring (bicyclic) bond motifs is 1. The molecule has 112 valence electrons. The van der Waals surface area contributed by atoms with Gasteiger partial charge in [-0.15, -0.1) is 0 Å². The zero-order valence-electron chi connectivity index (χ0n) is 11.4. The lowest BCUT2D eigenvalue weighted by Crippen LogP contribution is -2.32. The lowest BCUT2D eigenvalue weighted by molar-refractivity contribution is -0.122. The molecule has 0 fully saturated rings. The Morgan fingerprint density at radius 3 is 2.68 bits per heavy atom. The topological polar surface area (TPSA) is 95.9 Å². The van der Waals surface area contributed by atoms with E-state index in [-0.39, 0.29) is 17.0 Å². The van der Waals surface area contributed by atoms with Gasteiger partial charge >= 0.3 is 5.97 Å². The average molecular weight is 299 g/mol. The van der Waals surface area contributed by atoms with E-state index in [2.05, 4.69) is 5.32 Å². The van der Waals surface area contributed by atoms with E-state index in [1.165, 1.54) is 12.1 Å². The molecule has 0 saturated carbocycles. The number of phenolic OH excluding ortho intramolecular Hbond substituents is 1. The molecule has 0 aliphatic carbocycles. The van der Waals surface area contributed by atoms with Crippen LogP contribution in [0.25, 0.3) is 0 Å². The molecule has 0 radical (unpaired) electrons. The first-order chi connectivity index (χ1) is 10.5. The molecular weight excluding hydrogens is 286 g/mol. The third-order valence-electron chi connectivity index (χ3n) is 3.43. The molecule has 1 unspecified atom stereocenters. The van der Waals surface area contributed by atoms with E-state index in [4.69, 9.17) is 9.84 Å². The molecule has 6 heteroatoms. The van der Waals surface area contributed by atoms with Gasteiger partial charge in [0, 0.05) is 6.42 Å². The van der Waals surface area contributed by atoms with Crippen LogP contribution in [-0.4, -0.2) is 28.2 Å². The van der Waals surface area contributed by atoms with Crippen LogP contribution in [0.3, 0.4) is 0 Å². The van der Waals surface area contributed by atoms with Crippen molar-refractivity contribution >= 4 is 17.6 Å². The number of aromatic hydroxyl groups is 1. The minimum absolute atomic E-state index is 0.120. The van der Waals surface area contributed by atoms with E-state index in [1.54, 1.807) is 6.07 Å². The molecule has 0 spiro atoms. The largest absolute Gasteiger partial charge is 0.508 e. The minimum Gasteiger partial charge on any atom is -0.508 e. The lowest BCUT2D eigenvalue weighted by Gasteiger charge is -2.13. The normalized spacial score (nSPS) is 15.7. The second kappa shape index (κ2) is 5.40. The number of hydrogen-bond donors (Lipinski definition) is 3. The summed E-state index contributed by atoms with van der Waals surface area (Å²) in [5, 5.41) is 21.0. The third kappa shape index (κ3) is 2.58. The molecular formula is C16H13NO5. The molecule has 0 bridgehead atoms. The van der Waals surface area contributed by atoms with E-state index >= 15 is 0 Å². The van der Waals surface area contributed by atoms with E-state index in [0.717, 1.165) is 11.6 Å². The summed E-state index contributed by atoms with van der Waals surface area (Å²) in [7, 11) is 0. The van der Waals surface area contributed by atoms with Crippen LogP contribution in [0.15, 0.2) is 42.5 Å². The van der Waals surface area contributed by atoms with E-state index in [9.17, 15) is 14.7 Å². The summed E-state index contributed by atoms with van der Waals surface area (Å²) >= 11 is 0. The highest BCUT2D eigenvalue weighted by molar-refractivity contribution is 6.02. The number of amides is 1. The Bertz CT molecular complexity index is 731. The molecule has 1 amide bonds. The smallest absolute Gasteiger partial charge is 0.337 e. The number of ether oxygens (including phenoxy) is 1. The molecule has 0 saturated heterocycles. The van der Waals surface area contributed by atoms with Gasteiger partial charge in [0.25, 0.3) is 5.91 Å². The van der Waals surface area contributed by atoms with Crippen molar-refractivity contribution in [2.75, 3.05) is 5.32 Å². The van der Waals surface area contributed by atoms with Crippen molar-refractivity contribution in [3.63, 3.8) is 0 Å². The van der Waals surface area contributed by atoms with Crippen LogP contribution in [0.1, 0.15) is 15.9 Å². The van der Waals surface area contributed by atoms with Crippen molar-refractivity contribution in [2.24, 2.45) is 0 Å². The fourth-order valence-electron chi connectivity index (χ4n) is 2.36. The first-order valence-electron chi connectivity index (χ1n) is 6.66. The molecule has 3 rings (SSSR count). The average Bonchev–Trinajstić information content (AvgIpc) is 2.93. The Hall–Kier alpha value is -3.02. The van der Waals surface area contributed by atoms with Crippen molar-refractivity contribution in [3.8, 4) is 11.5 Å². The Morgan fingerprint density at radius 1 is 1.18 bits per heavy atom. The van der Waals surface area contributed by atoms with Crippen LogP contribution >= 0.6 is 0 Å². The number of carbonyl (C=O) groups excluding carboxylic acids is 1. The van der Waals surface area contributed by atoms with Gasteiger partial charge in [0.1, 0.15) is 11.5 Å². The number of carboxylic acids is 1. The maximum Gasteiger partial charge on any atom is 0.337 e. The molecule has 3 N–H and O–H groups in total. The number of aromatic carboxylic acids is 1. The molecule has 6 nitrogen and oxygen atoms in total. The highest BCUT2D eigenvalue weighted by Crippen LogP contribution is 2.29. The summed E-state index contributed by atoms with van der Waals surface area (Å²) in [5.74, 6) is -1.18. The number of phenols is 1. The summed E-state index contributed by atoms with van der Waals surface area (Å²) in [5.41, 5.74) is 0.880. The fourth-order valence-corrected chi connectivity index (χ4v) is 2.36. The van der Waals surface area contributed by atoms with Crippen LogP contribution in [-0.2, 0) is 11.2 Å². The molecule has 2 aromatic carbocycles. The molecule has 2 aromatic rings. The van der Waals surface area contributed by atoms with Gasteiger partial charge in [-0.25, -0.2) is 4.79 Å². The van der Waals surface area contributed by atoms with Gasteiger partial charge in [-0.3, -0.25) is 4.79 Å². The number of hydrogen-bond acceptors (Lipinski definition) is 4. The monoisotopic (exact) mass is 299 g/mol. The molecule has 0 aromatic heterocycles. The summed E-state index contributed by atoms with van der Waals surface area (Å²) in [6.07, 6.45) is -0.268. The maximum atomic E-state index is 12.3. The Balaban J connectivity index is 1.78. The van der Waals surface area contributed by atoms with Crippen LogP contribution < -0.4 is 10.1 Å². The van der Waals surface area contributed by atoms with Gasteiger partial charge in [0.2, 0.25) is 0 Å². The number of rotatable bonds is 3. The molecule has 1 heterocycles. The lowest BCUT2D eigenvalue weighted by atomic mass is 10.1. The van der Waals surface area contributed by atoms with Crippen molar-refractivity contribution < 1.29 is 24.5 Å². The third-order valence-corrected chi connectivity index (χ3v) is 3.43. The predicted octanol–water partition coefficient (Wildman–Crippen LogP) is 2.03. The number of carboxylic acid groups (broad SMARTS) is 1. The zero-order valence-corrected chi connectivity index (χ0v) is 11.4. The van der Waals surface area contributed by atoms with Crippen LogP contribution in [0.5, 0.6) is 11.5 Å². The van der Waals surface area contributed by atoms with E-state index in [0.29, 0.717) is 12.2 Å². The highest BCUT2D eigenvalue weighted by atomic mass is 16.5. The first-order valence-corrected chi connectivity index (χ1v) is 6.66. The van der Waals surface area contributed by atoms with Crippen molar-refractivity contribution in [1.29, 1.82) is 0 Å². The Labute approximate surface area is 126 Å². The number of nitrogens with one attached hydrogen (secondary N) is 1. The summed E-state index contributed by atoms with van der Waals surface area (Å²) in [6.45, 7) is 0. The second-order valence-corrected chi connectivity index (χ2v) is 4.94. The Morgan fingerprint density at radius 2 is 1.95 bits per heavy atom. The van der Waals surface area contributed by atoms with Gasteiger partial charge < -0.3 is 20.3 Å². The van der Waals surface area contributed by atoms with E-state index < -0.39 is 18.0 Å². The summed E-state index contributed by atoms with van der Waals surface area (Å²) < 4.78 is 5.56. The number of benzene rings is 2. The zero-order chi connectivity index (χ0) is 15.7. The SMILES string of the molecule is O=C(O)c1cc(O)ccc1NC(=O)C1Cc2ccccc2O1. The van der Waals surface area contributed by atoms with Crippen LogP contribution in [0.4, 0.5) is 5.69 Å². The van der Waals surface area contributed by atoms with Gasteiger partial charge in [0.05, 0.1) is 11.3 Å². The fraction of sp³-hybridized carbons (Fsp3) is 0.125. The van der Waals surface area contributed by atoms with Crippen molar-refractivity contribution in [3.05, 3.63) is 53.6 Å². The number of para-hydroxylation sites is 1. The standard InChI is InChI=1S/C16H13NO5/c18-10-5-6-12(11(8-10)16(20)21)17-15(19)14-7-9-3-1-2-4-13(9)22-14/h1-6,8,14,18H,7H2,(H,17,19)(H,20,21). The van der Waals surface area contributed by atoms with Crippen molar-refractivity contribution in [2.45, 2.75) is 12.5 Å². The first kappa shape index (κ1) is 13.9. The minimum atomic E-state index is -1.23. The van der Waals surface area contributed by atoms with Crippen LogP contribution in [0, 0.1) is 0 Å². The highest BCUT2D eigenvalue weighted by Gasteiger charge is 2.29. The maximum absolute atomic E-state index is 12.3. The molecule has 1 atom stereocenters. The van der Waals surface area contributed by atoms with Gasteiger partial charge in [-0.1, -0.05) is 18.2 Å². The summed E-state index contributed by atoms with van der Waals surface area (Å²) in [4.78, 5) is 23.4. The Kier molecular flexibility index (Phi) is 3.42. The van der Waals surface area contributed by atoms with Gasteiger partial charge in [-0.05, 0) is 29.8 Å². The van der Waals surface area contributed by atoms with E-state index in [1.807, 2.05) is 18.2 Å². The van der Waals surface area contributed by atoms with Crippen LogP contribution in [0.2, 0.25) is 0 Å². The predicted molar refractivity (Wildman–Crippen MR) is 78.3 cm³/mol. The van der Waals surface area contributed by atoms with Gasteiger partial charge in [0.15, 0.2) is 6.10 Å². The summed E-state index contributed by atoms with van der Waals surface area (Å²) in [6, 6.07) is 11.1. The molecule has 1 aliphatic rings. The quantitative estimate of drug-likeness (QED) is 0.754. The second-order valence-electron chi connectivity index (χ2n) is 4.94. The van der Waals surface area contributed by atoms with Crippen molar-refractivity contribution in [1.82, 2.24) is 0 Å². The molecule has 22 heavy (non-hydrogen) atoms.